The van der Waals surface area contributed by atoms with Crippen molar-refractivity contribution in [1.29, 1.82) is 0 Å². The van der Waals surface area contributed by atoms with E-state index in [-0.39, 0.29) is 0 Å². The molecule has 0 bridgehead atoms. The molecule has 0 aliphatic heterocycles. The van der Waals surface area contributed by atoms with Crippen LogP contribution in [0.15, 0.2) is 0 Å². The van der Waals surface area contributed by atoms with Crippen LogP contribution in [0.25, 0.3) is 0 Å². The normalized spacial score (nSPS) is 12.0. The number of rotatable bonds is 22. The van der Waals surface area contributed by atoms with Gasteiger partial charge in [0.25, 0.3) is 0 Å². The largest absolute Gasteiger partial charge is 0.679 e. The summed E-state index contributed by atoms with van der Waals surface area (Å²) in [5, 5.41) is 0. The minimum atomic E-state index is -2.97. The lowest BCUT2D eigenvalue weighted by molar-refractivity contribution is -0.0246. The molecule has 0 aliphatic carbocycles. The summed E-state index contributed by atoms with van der Waals surface area (Å²) in [6.45, 7) is 8.74. The highest BCUT2D eigenvalue weighted by Gasteiger charge is 2.44. The SMILES string of the molecule is CCCCCCCO[Si](OC)(OCCCCCCC)OCCCCCCC. The first-order chi connectivity index (χ1) is 13.2. The monoisotopic (exact) mass is 404 g/mol. The molecule has 0 saturated carbocycles. The Morgan fingerprint density at radius 3 is 1.00 bits per heavy atom. The van der Waals surface area contributed by atoms with E-state index < -0.39 is 9.05 Å². The Labute approximate surface area is 171 Å². The molecule has 0 rings (SSSR count). The minimum absolute atomic E-state index is 0.676. The molecule has 0 aliphatic rings. The molecule has 0 spiro atoms. The number of hydrogen-bond acceptors (Lipinski definition) is 4. The molecule has 27 heavy (non-hydrogen) atoms. The quantitative estimate of drug-likeness (QED) is 0.143. The van der Waals surface area contributed by atoms with Gasteiger partial charge in [-0.3, -0.25) is 0 Å². The van der Waals surface area contributed by atoms with Gasteiger partial charge in [0.2, 0.25) is 0 Å². The molecule has 0 saturated heterocycles. The summed E-state index contributed by atoms with van der Waals surface area (Å²) in [4.78, 5) is 0. The molecule has 0 amide bonds. The van der Waals surface area contributed by atoms with E-state index >= 15 is 0 Å². The van der Waals surface area contributed by atoms with Crippen molar-refractivity contribution < 1.29 is 17.7 Å². The van der Waals surface area contributed by atoms with Crippen molar-refractivity contribution >= 4 is 9.05 Å². The molecule has 0 aromatic rings. The average Bonchev–Trinajstić information content (AvgIpc) is 2.69. The van der Waals surface area contributed by atoms with Gasteiger partial charge in [0.1, 0.15) is 0 Å². The van der Waals surface area contributed by atoms with Crippen LogP contribution < -0.4 is 0 Å². The lowest BCUT2D eigenvalue weighted by Crippen LogP contribution is -2.49. The maximum atomic E-state index is 6.09. The van der Waals surface area contributed by atoms with Crippen molar-refractivity contribution in [1.82, 2.24) is 0 Å². The molecule has 0 unspecified atom stereocenters. The van der Waals surface area contributed by atoms with Gasteiger partial charge in [-0.2, -0.15) is 0 Å². The van der Waals surface area contributed by atoms with E-state index in [9.17, 15) is 0 Å². The molecule has 4 nitrogen and oxygen atoms in total. The van der Waals surface area contributed by atoms with Crippen molar-refractivity contribution in [2.75, 3.05) is 26.9 Å². The molecular formula is C22H48O4Si. The third-order valence-electron chi connectivity index (χ3n) is 4.83. The first-order valence-electron chi connectivity index (χ1n) is 11.7. The van der Waals surface area contributed by atoms with Gasteiger partial charge in [0.15, 0.2) is 0 Å². The predicted octanol–water partition coefficient (Wildman–Crippen LogP) is 7.03. The second kappa shape index (κ2) is 20.8. The van der Waals surface area contributed by atoms with Crippen LogP contribution in [0.5, 0.6) is 0 Å². The van der Waals surface area contributed by atoms with E-state index in [4.69, 9.17) is 17.7 Å². The fraction of sp³-hybridized carbons (Fsp3) is 1.00. The van der Waals surface area contributed by atoms with E-state index in [1.807, 2.05) is 0 Å². The van der Waals surface area contributed by atoms with Crippen LogP contribution in [0.3, 0.4) is 0 Å². The summed E-state index contributed by atoms with van der Waals surface area (Å²) in [7, 11) is -1.30. The molecule has 164 valence electrons. The van der Waals surface area contributed by atoms with Crippen LogP contribution in [0.4, 0.5) is 0 Å². The summed E-state index contributed by atoms with van der Waals surface area (Å²) in [6.07, 6.45) is 18.3. The molecule has 0 aromatic carbocycles. The standard InChI is InChI=1S/C22H48O4Si/c1-5-8-11-14-17-20-24-27(23-4,25-21-18-15-12-9-6-2)26-22-19-16-13-10-7-3/h5-22H2,1-4H3. The van der Waals surface area contributed by atoms with Gasteiger partial charge in [-0.15, -0.1) is 0 Å². The van der Waals surface area contributed by atoms with Gasteiger partial charge in [-0.25, -0.2) is 0 Å². The second-order valence-electron chi connectivity index (χ2n) is 7.49. The predicted molar refractivity (Wildman–Crippen MR) is 117 cm³/mol. The lowest BCUT2D eigenvalue weighted by atomic mass is 10.2. The zero-order chi connectivity index (χ0) is 20.1. The topological polar surface area (TPSA) is 36.9 Å². The zero-order valence-corrected chi connectivity index (χ0v) is 19.9. The fourth-order valence-electron chi connectivity index (χ4n) is 3.01. The van der Waals surface area contributed by atoms with Gasteiger partial charge >= 0.3 is 9.05 Å². The van der Waals surface area contributed by atoms with Gasteiger partial charge in [0, 0.05) is 26.9 Å². The van der Waals surface area contributed by atoms with Gasteiger partial charge in [-0.05, 0) is 19.3 Å². The first-order valence-corrected chi connectivity index (χ1v) is 13.3. The van der Waals surface area contributed by atoms with Gasteiger partial charge in [0.05, 0.1) is 0 Å². The highest BCUT2D eigenvalue weighted by molar-refractivity contribution is 6.53. The third kappa shape index (κ3) is 16.7. The zero-order valence-electron chi connectivity index (χ0n) is 18.9. The number of unbranched alkanes of at least 4 members (excludes halogenated alkanes) is 12. The van der Waals surface area contributed by atoms with Crippen LogP contribution >= 0.6 is 0 Å². The average molecular weight is 405 g/mol. The van der Waals surface area contributed by atoms with Crippen molar-refractivity contribution in [2.45, 2.75) is 117 Å². The Morgan fingerprint density at radius 2 is 0.741 bits per heavy atom. The molecule has 0 fully saturated rings. The van der Waals surface area contributed by atoms with Crippen LogP contribution in [-0.4, -0.2) is 36.0 Å². The Morgan fingerprint density at radius 1 is 0.444 bits per heavy atom. The molecule has 0 N–H and O–H groups in total. The van der Waals surface area contributed by atoms with Crippen molar-refractivity contribution in [2.24, 2.45) is 0 Å². The van der Waals surface area contributed by atoms with Crippen LogP contribution in [0.2, 0.25) is 0 Å². The van der Waals surface area contributed by atoms with E-state index in [0.29, 0.717) is 19.8 Å². The van der Waals surface area contributed by atoms with E-state index in [2.05, 4.69) is 20.8 Å². The van der Waals surface area contributed by atoms with Crippen LogP contribution in [0, 0.1) is 0 Å². The third-order valence-corrected chi connectivity index (χ3v) is 7.00. The first kappa shape index (κ1) is 27.1. The Kier molecular flexibility index (Phi) is 20.8. The summed E-state index contributed by atoms with van der Waals surface area (Å²) < 4.78 is 24.0. The highest BCUT2D eigenvalue weighted by Crippen LogP contribution is 2.16. The van der Waals surface area contributed by atoms with Crippen LogP contribution in [-0.2, 0) is 17.7 Å². The molecule has 0 radical (unpaired) electrons. The fourth-order valence-corrected chi connectivity index (χ4v) is 4.80. The summed E-state index contributed by atoms with van der Waals surface area (Å²) >= 11 is 0. The maximum Gasteiger partial charge on any atom is 0.679 e. The van der Waals surface area contributed by atoms with E-state index in [1.165, 1.54) is 77.0 Å². The Bertz CT molecular complexity index is 249. The summed E-state index contributed by atoms with van der Waals surface area (Å²) in [5.41, 5.74) is 0. The second-order valence-corrected chi connectivity index (χ2v) is 9.77. The molecule has 0 atom stereocenters. The summed E-state index contributed by atoms with van der Waals surface area (Å²) in [5.74, 6) is 0. The summed E-state index contributed by atoms with van der Waals surface area (Å²) in [6, 6.07) is 0. The highest BCUT2D eigenvalue weighted by atomic mass is 28.4. The minimum Gasteiger partial charge on any atom is -0.355 e. The van der Waals surface area contributed by atoms with Gasteiger partial charge in [-0.1, -0.05) is 97.8 Å². The lowest BCUT2D eigenvalue weighted by Gasteiger charge is -2.27. The van der Waals surface area contributed by atoms with Gasteiger partial charge < -0.3 is 17.7 Å². The van der Waals surface area contributed by atoms with E-state index in [0.717, 1.165) is 19.3 Å². The molecular weight excluding hydrogens is 356 g/mol. The van der Waals surface area contributed by atoms with Crippen LogP contribution in [0.1, 0.15) is 117 Å². The van der Waals surface area contributed by atoms with Crippen molar-refractivity contribution in [3.8, 4) is 0 Å². The maximum absolute atomic E-state index is 6.09. The number of hydrogen-bond donors (Lipinski definition) is 0. The van der Waals surface area contributed by atoms with Crippen molar-refractivity contribution in [3.05, 3.63) is 0 Å². The van der Waals surface area contributed by atoms with Crippen molar-refractivity contribution in [3.63, 3.8) is 0 Å². The molecule has 0 heterocycles. The Hall–Kier alpha value is 0.0569. The smallest absolute Gasteiger partial charge is 0.355 e. The van der Waals surface area contributed by atoms with E-state index in [1.54, 1.807) is 7.11 Å². The molecule has 5 heteroatoms. The Balaban J connectivity index is 4.23. The molecule has 0 aromatic heterocycles.